The topological polar surface area (TPSA) is 66.6 Å². The Morgan fingerprint density at radius 1 is 1.70 bits per heavy atom. The van der Waals surface area contributed by atoms with Crippen LogP contribution in [-0.2, 0) is 4.79 Å². The molecular weight excluding hydrogens is 132 g/mol. The Kier molecular flexibility index (Phi) is 3.99. The maximum Gasteiger partial charge on any atom is 0.320 e. The van der Waals surface area contributed by atoms with E-state index >= 15 is 0 Å². The third-order valence-electron chi connectivity index (χ3n) is 1.20. The molecule has 0 aromatic heterocycles. The number of aliphatic carboxylic acids is 1. The second-order valence-corrected chi connectivity index (χ2v) is 2.54. The minimum atomic E-state index is -0.929. The van der Waals surface area contributed by atoms with Crippen LogP contribution in [0, 0.1) is 0 Å². The van der Waals surface area contributed by atoms with Gasteiger partial charge in [-0.25, -0.2) is 0 Å². The van der Waals surface area contributed by atoms with Gasteiger partial charge in [0.1, 0.15) is 6.04 Å². The lowest BCUT2D eigenvalue weighted by molar-refractivity contribution is -0.138. The minimum absolute atomic E-state index is 0.502. The summed E-state index contributed by atoms with van der Waals surface area (Å²) in [6.45, 7) is 0.716. The Bertz CT molecular complexity index is 114. The maximum atomic E-state index is 10.2. The van der Waals surface area contributed by atoms with Gasteiger partial charge in [0.2, 0.25) is 0 Å². The van der Waals surface area contributed by atoms with Crippen LogP contribution in [-0.4, -0.2) is 42.7 Å². The first kappa shape index (κ1) is 9.39. The minimum Gasteiger partial charge on any atom is -0.480 e. The predicted octanol–water partition coefficient (Wildman–Crippen LogP) is -0.650. The van der Waals surface area contributed by atoms with Crippen LogP contribution in [0.15, 0.2) is 0 Å². The van der Waals surface area contributed by atoms with Crippen molar-refractivity contribution in [2.75, 3.05) is 20.6 Å². The van der Waals surface area contributed by atoms with Gasteiger partial charge in [-0.3, -0.25) is 4.79 Å². The number of carbonyl (C=O) groups is 1. The zero-order valence-electron chi connectivity index (χ0n) is 6.37. The first-order valence-corrected chi connectivity index (χ1v) is 3.17. The molecule has 0 heterocycles. The molecule has 10 heavy (non-hydrogen) atoms. The summed E-state index contributed by atoms with van der Waals surface area (Å²) in [5, 5.41) is 8.35. The number of nitrogens with two attached hydrogens (primary N) is 1. The number of rotatable bonds is 4. The van der Waals surface area contributed by atoms with Crippen molar-refractivity contribution in [3.63, 3.8) is 0 Å². The van der Waals surface area contributed by atoms with E-state index in [0.29, 0.717) is 13.0 Å². The van der Waals surface area contributed by atoms with E-state index in [2.05, 4.69) is 0 Å². The van der Waals surface area contributed by atoms with Gasteiger partial charge in [0.05, 0.1) is 0 Å². The van der Waals surface area contributed by atoms with E-state index in [4.69, 9.17) is 10.8 Å². The largest absolute Gasteiger partial charge is 0.480 e. The second kappa shape index (κ2) is 4.24. The van der Waals surface area contributed by atoms with Gasteiger partial charge < -0.3 is 15.7 Å². The highest BCUT2D eigenvalue weighted by Crippen LogP contribution is 1.88. The molecule has 0 radical (unpaired) electrons. The predicted molar refractivity (Wildman–Crippen MR) is 38.8 cm³/mol. The fourth-order valence-corrected chi connectivity index (χ4v) is 0.521. The molecule has 0 bridgehead atoms. The Labute approximate surface area is 60.6 Å². The number of carboxylic acid groups (broad SMARTS) is 1. The Balaban J connectivity index is 3.40. The first-order valence-electron chi connectivity index (χ1n) is 3.17. The Morgan fingerprint density at radius 3 is 2.50 bits per heavy atom. The molecule has 0 amide bonds. The molecular formula is C6H14N2O2. The van der Waals surface area contributed by atoms with Crippen LogP contribution in [0.25, 0.3) is 0 Å². The molecule has 0 aromatic carbocycles. The maximum absolute atomic E-state index is 10.2. The zero-order chi connectivity index (χ0) is 8.15. The SMILES string of the molecule is CN(C)CCC(N)C(=O)O. The second-order valence-electron chi connectivity index (χ2n) is 2.54. The summed E-state index contributed by atoms with van der Waals surface area (Å²) in [6.07, 6.45) is 0.502. The lowest BCUT2D eigenvalue weighted by atomic mass is 10.2. The summed E-state index contributed by atoms with van der Waals surface area (Å²) < 4.78 is 0. The summed E-state index contributed by atoms with van der Waals surface area (Å²) in [4.78, 5) is 12.1. The van der Waals surface area contributed by atoms with Crippen molar-refractivity contribution < 1.29 is 9.90 Å². The summed E-state index contributed by atoms with van der Waals surface area (Å²) in [7, 11) is 3.77. The third kappa shape index (κ3) is 4.29. The van der Waals surface area contributed by atoms with E-state index in [1.807, 2.05) is 19.0 Å². The van der Waals surface area contributed by atoms with Crippen molar-refractivity contribution in [2.45, 2.75) is 12.5 Å². The summed E-state index contributed by atoms with van der Waals surface area (Å²) in [6, 6.07) is -0.720. The molecule has 1 atom stereocenters. The number of nitrogens with zero attached hydrogens (tertiary/aromatic N) is 1. The Morgan fingerprint density at radius 2 is 2.20 bits per heavy atom. The van der Waals surface area contributed by atoms with Crippen LogP contribution in [0.1, 0.15) is 6.42 Å². The van der Waals surface area contributed by atoms with Crippen LogP contribution in [0.4, 0.5) is 0 Å². The molecule has 0 aliphatic heterocycles. The lowest BCUT2D eigenvalue weighted by Gasteiger charge is -2.10. The van der Waals surface area contributed by atoms with E-state index in [9.17, 15) is 4.79 Å². The highest BCUT2D eigenvalue weighted by molar-refractivity contribution is 5.72. The summed E-state index contributed by atoms with van der Waals surface area (Å²) >= 11 is 0. The van der Waals surface area contributed by atoms with E-state index in [-0.39, 0.29) is 0 Å². The molecule has 0 saturated carbocycles. The molecule has 0 saturated heterocycles. The molecule has 0 fully saturated rings. The average Bonchev–Trinajstić information content (AvgIpc) is 1.82. The zero-order valence-corrected chi connectivity index (χ0v) is 6.37. The van der Waals surface area contributed by atoms with Crippen LogP contribution >= 0.6 is 0 Å². The molecule has 0 aliphatic rings. The van der Waals surface area contributed by atoms with Gasteiger partial charge >= 0.3 is 5.97 Å². The van der Waals surface area contributed by atoms with Crippen LogP contribution in [0.2, 0.25) is 0 Å². The molecule has 3 N–H and O–H groups in total. The highest BCUT2D eigenvalue weighted by Gasteiger charge is 2.10. The molecule has 0 aromatic rings. The molecule has 1 unspecified atom stereocenters. The van der Waals surface area contributed by atoms with Crippen LogP contribution in [0.5, 0.6) is 0 Å². The van der Waals surface area contributed by atoms with Gasteiger partial charge in [-0.2, -0.15) is 0 Å². The standard InChI is InChI=1S/C6H14N2O2/c1-8(2)4-3-5(7)6(9)10/h5H,3-4,7H2,1-2H3,(H,9,10). The normalized spacial score (nSPS) is 13.6. The molecule has 60 valence electrons. The fraction of sp³-hybridized carbons (Fsp3) is 0.833. The van der Waals surface area contributed by atoms with Crippen molar-refractivity contribution in [1.82, 2.24) is 4.90 Å². The molecule has 0 spiro atoms. The molecule has 4 nitrogen and oxygen atoms in total. The van der Waals surface area contributed by atoms with Crippen LogP contribution < -0.4 is 5.73 Å². The first-order chi connectivity index (χ1) is 4.54. The van der Waals surface area contributed by atoms with Crippen molar-refractivity contribution in [1.29, 1.82) is 0 Å². The van der Waals surface area contributed by atoms with E-state index < -0.39 is 12.0 Å². The van der Waals surface area contributed by atoms with Gasteiger partial charge in [-0.15, -0.1) is 0 Å². The summed E-state index contributed by atoms with van der Waals surface area (Å²) in [5.74, 6) is -0.929. The number of carboxylic acids is 1. The summed E-state index contributed by atoms with van der Waals surface area (Å²) in [5.41, 5.74) is 5.24. The van der Waals surface area contributed by atoms with E-state index in [0.717, 1.165) is 0 Å². The molecule has 0 aliphatic carbocycles. The Hall–Kier alpha value is -0.610. The van der Waals surface area contributed by atoms with Crippen LogP contribution in [0.3, 0.4) is 0 Å². The number of hydrogen-bond acceptors (Lipinski definition) is 3. The lowest BCUT2D eigenvalue weighted by Crippen LogP contribution is -2.33. The molecule has 0 rings (SSSR count). The van der Waals surface area contributed by atoms with Crippen molar-refractivity contribution in [3.05, 3.63) is 0 Å². The van der Waals surface area contributed by atoms with E-state index in [1.54, 1.807) is 0 Å². The number of hydrogen-bond donors (Lipinski definition) is 2. The van der Waals surface area contributed by atoms with Gasteiger partial charge in [-0.1, -0.05) is 0 Å². The highest BCUT2D eigenvalue weighted by atomic mass is 16.4. The van der Waals surface area contributed by atoms with Crippen molar-refractivity contribution in [2.24, 2.45) is 5.73 Å². The smallest absolute Gasteiger partial charge is 0.320 e. The average molecular weight is 146 g/mol. The van der Waals surface area contributed by atoms with Crippen molar-refractivity contribution >= 4 is 5.97 Å². The van der Waals surface area contributed by atoms with Gasteiger partial charge in [0.25, 0.3) is 0 Å². The van der Waals surface area contributed by atoms with Gasteiger partial charge in [0.15, 0.2) is 0 Å². The fourth-order valence-electron chi connectivity index (χ4n) is 0.521. The van der Waals surface area contributed by atoms with Crippen molar-refractivity contribution in [3.8, 4) is 0 Å². The quantitative estimate of drug-likeness (QED) is 0.553. The third-order valence-corrected chi connectivity index (χ3v) is 1.20. The van der Waals surface area contributed by atoms with E-state index in [1.165, 1.54) is 0 Å². The van der Waals surface area contributed by atoms with Gasteiger partial charge in [-0.05, 0) is 27.1 Å². The monoisotopic (exact) mass is 146 g/mol. The molecule has 4 heteroatoms. The van der Waals surface area contributed by atoms with Gasteiger partial charge in [0, 0.05) is 0 Å².